The van der Waals surface area contributed by atoms with Crippen LogP contribution in [0.4, 0.5) is 0 Å². The van der Waals surface area contributed by atoms with Crippen LogP contribution in [-0.2, 0) is 4.74 Å². The van der Waals surface area contributed by atoms with E-state index in [4.69, 9.17) is 4.74 Å². The second-order valence-electron chi connectivity index (χ2n) is 5.70. The minimum absolute atomic E-state index is 0.337. The van der Waals surface area contributed by atoms with Crippen LogP contribution in [0.15, 0.2) is 36.4 Å². The molecule has 0 aliphatic rings. The lowest BCUT2D eigenvalue weighted by atomic mass is 9.99. The molecule has 3 heteroatoms. The van der Waals surface area contributed by atoms with Gasteiger partial charge in [-0.05, 0) is 16.8 Å². The second kappa shape index (κ2) is 5.52. The monoisotopic (exact) mass is 282 g/mol. The summed E-state index contributed by atoms with van der Waals surface area (Å²) in [6, 6.07) is 11.7. The number of carbonyl (C=O) groups is 1. The lowest BCUT2D eigenvalue weighted by molar-refractivity contribution is 0.0600. The lowest BCUT2D eigenvalue weighted by Crippen LogP contribution is -2.16. The number of carbonyl (C=O) groups excluding carboxylic acids is 1. The molecular formula is C17H18O2Si. The fourth-order valence-corrected chi connectivity index (χ4v) is 2.44. The molecule has 0 N–H and O–H groups in total. The molecule has 2 aromatic rings. The first-order valence-corrected chi connectivity index (χ1v) is 10.1. The molecule has 0 unspecified atom stereocenters. The Morgan fingerprint density at radius 1 is 1.10 bits per heavy atom. The fraction of sp³-hybridized carbons (Fsp3) is 0.235. The van der Waals surface area contributed by atoms with E-state index in [1.807, 2.05) is 30.3 Å². The van der Waals surface area contributed by atoms with Gasteiger partial charge in [0.25, 0.3) is 0 Å². The molecule has 0 amide bonds. The molecule has 0 aliphatic carbocycles. The summed E-state index contributed by atoms with van der Waals surface area (Å²) in [4.78, 5) is 11.9. The van der Waals surface area contributed by atoms with Gasteiger partial charge in [0.1, 0.15) is 8.07 Å². The largest absolute Gasteiger partial charge is 0.465 e. The zero-order valence-electron chi connectivity index (χ0n) is 12.3. The summed E-state index contributed by atoms with van der Waals surface area (Å²) in [7, 11) is -0.112. The number of ether oxygens (including phenoxy) is 1. The van der Waals surface area contributed by atoms with Gasteiger partial charge in [-0.3, -0.25) is 0 Å². The number of esters is 1. The Hall–Kier alpha value is -2.05. The van der Waals surface area contributed by atoms with Crippen molar-refractivity contribution in [3.05, 3.63) is 47.5 Å². The Morgan fingerprint density at radius 2 is 1.80 bits per heavy atom. The van der Waals surface area contributed by atoms with Gasteiger partial charge in [0.2, 0.25) is 0 Å². The zero-order valence-corrected chi connectivity index (χ0v) is 13.3. The first kappa shape index (κ1) is 14.4. The quantitative estimate of drug-likeness (QED) is 0.451. The van der Waals surface area contributed by atoms with Gasteiger partial charge in [-0.1, -0.05) is 55.9 Å². The van der Waals surface area contributed by atoms with Crippen LogP contribution in [-0.4, -0.2) is 21.2 Å². The van der Waals surface area contributed by atoms with Crippen LogP contribution in [0, 0.1) is 11.5 Å². The standard InChI is InChI=1S/C17H18O2Si/c1-19-17(18)16-10-9-13-7-5-6-8-14(13)15(16)11-12-20(2,3)4/h5-10H,1-4H3. The summed E-state index contributed by atoms with van der Waals surface area (Å²) in [6.07, 6.45) is 0. The smallest absolute Gasteiger partial charge is 0.339 e. The van der Waals surface area contributed by atoms with Crippen LogP contribution in [0.5, 0.6) is 0 Å². The molecule has 2 aromatic carbocycles. The number of fused-ring (bicyclic) bond motifs is 1. The van der Waals surface area contributed by atoms with E-state index in [1.165, 1.54) is 7.11 Å². The number of hydrogen-bond acceptors (Lipinski definition) is 2. The van der Waals surface area contributed by atoms with Gasteiger partial charge in [0.05, 0.1) is 12.7 Å². The van der Waals surface area contributed by atoms with Gasteiger partial charge in [0, 0.05) is 5.56 Å². The highest BCUT2D eigenvalue weighted by Gasteiger charge is 2.14. The second-order valence-corrected chi connectivity index (χ2v) is 10.5. The van der Waals surface area contributed by atoms with E-state index in [0.717, 1.165) is 16.3 Å². The molecule has 0 atom stereocenters. The third kappa shape index (κ3) is 3.09. The average Bonchev–Trinajstić information content (AvgIpc) is 2.42. The van der Waals surface area contributed by atoms with E-state index in [-0.39, 0.29) is 5.97 Å². The first-order chi connectivity index (χ1) is 9.42. The van der Waals surface area contributed by atoms with E-state index < -0.39 is 8.07 Å². The van der Waals surface area contributed by atoms with Gasteiger partial charge < -0.3 is 4.74 Å². The molecule has 102 valence electrons. The minimum Gasteiger partial charge on any atom is -0.465 e. The van der Waals surface area contributed by atoms with E-state index in [2.05, 4.69) is 31.1 Å². The summed E-state index contributed by atoms with van der Waals surface area (Å²) in [5, 5.41) is 2.08. The van der Waals surface area contributed by atoms with Crippen molar-refractivity contribution in [3.63, 3.8) is 0 Å². The predicted molar refractivity (Wildman–Crippen MR) is 85.5 cm³/mol. The molecular weight excluding hydrogens is 264 g/mol. The van der Waals surface area contributed by atoms with Gasteiger partial charge in [-0.2, -0.15) is 0 Å². The van der Waals surface area contributed by atoms with E-state index in [1.54, 1.807) is 6.07 Å². The summed E-state index contributed by atoms with van der Waals surface area (Å²) >= 11 is 0. The van der Waals surface area contributed by atoms with Crippen molar-refractivity contribution < 1.29 is 9.53 Å². The molecule has 20 heavy (non-hydrogen) atoms. The highest BCUT2D eigenvalue weighted by molar-refractivity contribution is 6.83. The van der Waals surface area contributed by atoms with Crippen LogP contribution < -0.4 is 0 Å². The fourth-order valence-electron chi connectivity index (χ4n) is 1.94. The summed E-state index contributed by atoms with van der Waals surface area (Å²) < 4.78 is 4.86. The molecule has 0 fully saturated rings. The van der Waals surface area contributed by atoms with Crippen molar-refractivity contribution in [1.82, 2.24) is 0 Å². The maximum absolute atomic E-state index is 11.9. The topological polar surface area (TPSA) is 26.3 Å². The Bertz CT molecular complexity index is 715. The van der Waals surface area contributed by atoms with Crippen molar-refractivity contribution in [2.75, 3.05) is 7.11 Å². The number of benzene rings is 2. The Labute approximate surface area is 120 Å². The Balaban J connectivity index is 2.73. The van der Waals surface area contributed by atoms with Crippen molar-refractivity contribution >= 4 is 24.8 Å². The Kier molecular flexibility index (Phi) is 3.96. The zero-order chi connectivity index (χ0) is 14.8. The summed E-state index contributed by atoms with van der Waals surface area (Å²) in [6.45, 7) is 6.55. The predicted octanol–water partition coefficient (Wildman–Crippen LogP) is 3.86. The molecule has 0 radical (unpaired) electrons. The maximum Gasteiger partial charge on any atom is 0.339 e. The molecule has 0 aromatic heterocycles. The normalized spacial score (nSPS) is 10.8. The minimum atomic E-state index is -1.51. The van der Waals surface area contributed by atoms with Crippen LogP contribution in [0.1, 0.15) is 15.9 Å². The Morgan fingerprint density at radius 3 is 2.45 bits per heavy atom. The highest BCUT2D eigenvalue weighted by Crippen LogP contribution is 2.22. The molecule has 0 spiro atoms. The van der Waals surface area contributed by atoms with Gasteiger partial charge in [-0.15, -0.1) is 5.54 Å². The molecule has 0 saturated heterocycles. The van der Waals surface area contributed by atoms with Crippen molar-refractivity contribution in [1.29, 1.82) is 0 Å². The SMILES string of the molecule is COC(=O)c1ccc2ccccc2c1C#C[Si](C)(C)C. The van der Waals surface area contributed by atoms with Crippen molar-refractivity contribution in [3.8, 4) is 11.5 Å². The molecule has 2 rings (SSSR count). The van der Waals surface area contributed by atoms with Crippen LogP contribution in [0.3, 0.4) is 0 Å². The molecule has 0 saturated carbocycles. The van der Waals surface area contributed by atoms with E-state index in [0.29, 0.717) is 5.56 Å². The summed E-state index contributed by atoms with van der Waals surface area (Å²) in [5.41, 5.74) is 4.64. The van der Waals surface area contributed by atoms with Crippen molar-refractivity contribution in [2.45, 2.75) is 19.6 Å². The van der Waals surface area contributed by atoms with Gasteiger partial charge in [-0.25, -0.2) is 4.79 Å². The van der Waals surface area contributed by atoms with Gasteiger partial charge in [0.15, 0.2) is 0 Å². The number of hydrogen-bond donors (Lipinski definition) is 0. The maximum atomic E-state index is 11.9. The summed E-state index contributed by atoms with van der Waals surface area (Å²) in [5.74, 6) is 2.88. The van der Waals surface area contributed by atoms with Gasteiger partial charge >= 0.3 is 5.97 Å². The first-order valence-electron chi connectivity index (χ1n) is 6.55. The third-order valence-corrected chi connectivity index (χ3v) is 3.77. The molecule has 0 heterocycles. The lowest BCUT2D eigenvalue weighted by Gasteiger charge is -2.08. The average molecular weight is 282 g/mol. The van der Waals surface area contributed by atoms with Crippen LogP contribution in [0.2, 0.25) is 19.6 Å². The molecule has 0 aliphatic heterocycles. The van der Waals surface area contributed by atoms with Crippen LogP contribution in [0.25, 0.3) is 10.8 Å². The molecule has 0 bridgehead atoms. The van der Waals surface area contributed by atoms with Crippen LogP contribution >= 0.6 is 0 Å². The number of methoxy groups -OCH3 is 1. The molecule has 2 nitrogen and oxygen atoms in total. The van der Waals surface area contributed by atoms with E-state index in [9.17, 15) is 4.79 Å². The third-order valence-electron chi connectivity index (χ3n) is 2.90. The highest BCUT2D eigenvalue weighted by atomic mass is 28.3. The number of rotatable bonds is 1. The van der Waals surface area contributed by atoms with Crippen molar-refractivity contribution in [2.24, 2.45) is 0 Å². The van der Waals surface area contributed by atoms with E-state index >= 15 is 0 Å².